The maximum Gasteiger partial charge on any atom is 0.268 e. The van der Waals surface area contributed by atoms with Crippen LogP contribution in [-0.4, -0.2) is 23.2 Å². The number of phenols is 1. The molecular weight excluding hydrogens is 278 g/mol. The molecule has 0 aliphatic carbocycles. The zero-order valence-corrected chi connectivity index (χ0v) is 12.7. The average Bonchev–Trinajstić information content (AvgIpc) is 2.49. The molecule has 1 aliphatic rings. The van der Waals surface area contributed by atoms with Crippen LogP contribution >= 0.6 is 0 Å². The number of hydrogen-bond acceptors (Lipinski definition) is 3. The van der Waals surface area contributed by atoms with Gasteiger partial charge in [0.25, 0.3) is 5.91 Å². The molecule has 0 bridgehead atoms. The van der Waals surface area contributed by atoms with E-state index < -0.39 is 6.10 Å². The molecule has 1 amide bonds. The van der Waals surface area contributed by atoms with Crippen molar-refractivity contribution in [1.82, 2.24) is 0 Å². The van der Waals surface area contributed by atoms with Gasteiger partial charge in [0.2, 0.25) is 0 Å². The third kappa shape index (κ3) is 2.64. The summed E-state index contributed by atoms with van der Waals surface area (Å²) in [5, 5.41) is 9.68. The first kappa shape index (κ1) is 14.4. The molecule has 0 saturated carbocycles. The van der Waals surface area contributed by atoms with Crippen molar-refractivity contribution in [3.05, 3.63) is 54.1 Å². The number of fused-ring (bicyclic) bond motifs is 1. The molecule has 3 rings (SSSR count). The third-order valence-electron chi connectivity index (χ3n) is 3.76. The normalized spacial score (nSPS) is 17.3. The van der Waals surface area contributed by atoms with Gasteiger partial charge in [0, 0.05) is 18.5 Å². The number of nitrogens with zero attached hydrogens (tertiary/aromatic N) is 1. The molecule has 4 nitrogen and oxygen atoms in total. The fourth-order valence-electron chi connectivity index (χ4n) is 2.76. The van der Waals surface area contributed by atoms with Gasteiger partial charge in [-0.1, -0.05) is 30.3 Å². The number of carbonyl (C=O) groups is 1. The van der Waals surface area contributed by atoms with Gasteiger partial charge in [-0.25, -0.2) is 0 Å². The van der Waals surface area contributed by atoms with Gasteiger partial charge in [-0.3, -0.25) is 4.79 Å². The highest BCUT2D eigenvalue weighted by Crippen LogP contribution is 2.38. The maximum atomic E-state index is 12.8. The quantitative estimate of drug-likeness (QED) is 0.947. The van der Waals surface area contributed by atoms with Crippen molar-refractivity contribution in [2.24, 2.45) is 0 Å². The van der Waals surface area contributed by atoms with E-state index in [-0.39, 0.29) is 17.7 Å². The summed E-state index contributed by atoms with van der Waals surface area (Å²) in [6.45, 7) is 3.91. The van der Waals surface area contributed by atoms with Crippen molar-refractivity contribution in [2.45, 2.75) is 32.4 Å². The molecule has 2 aromatic carbocycles. The molecule has 4 heteroatoms. The lowest BCUT2D eigenvalue weighted by molar-refractivity contribution is -0.126. The average molecular weight is 297 g/mol. The molecule has 1 aliphatic heterocycles. The number of anilines is 1. The smallest absolute Gasteiger partial charge is 0.268 e. The van der Waals surface area contributed by atoms with Gasteiger partial charge in [-0.15, -0.1) is 0 Å². The van der Waals surface area contributed by atoms with Crippen LogP contribution in [0.3, 0.4) is 0 Å². The molecule has 114 valence electrons. The molecule has 0 radical (unpaired) electrons. The van der Waals surface area contributed by atoms with Crippen molar-refractivity contribution in [3.63, 3.8) is 0 Å². The van der Waals surface area contributed by atoms with Gasteiger partial charge in [-0.05, 0) is 31.5 Å². The minimum atomic E-state index is -0.540. The highest BCUT2D eigenvalue weighted by molar-refractivity contribution is 6.00. The maximum absolute atomic E-state index is 12.8. The van der Waals surface area contributed by atoms with Crippen molar-refractivity contribution in [2.75, 3.05) is 4.90 Å². The molecule has 0 aromatic heterocycles. The number of ether oxygens (including phenoxy) is 1. The van der Waals surface area contributed by atoms with E-state index >= 15 is 0 Å². The summed E-state index contributed by atoms with van der Waals surface area (Å²) in [4.78, 5) is 14.5. The minimum absolute atomic E-state index is 0.00442. The Labute approximate surface area is 130 Å². The van der Waals surface area contributed by atoms with Crippen molar-refractivity contribution in [3.8, 4) is 11.5 Å². The number of hydrogen-bond donors (Lipinski definition) is 1. The zero-order valence-electron chi connectivity index (χ0n) is 12.7. The number of amides is 1. The van der Waals surface area contributed by atoms with Gasteiger partial charge >= 0.3 is 0 Å². The van der Waals surface area contributed by atoms with Crippen LogP contribution in [0.5, 0.6) is 11.5 Å². The fraction of sp³-hybridized carbons (Fsp3) is 0.278. The Balaban J connectivity index is 1.95. The second-order valence-corrected chi connectivity index (χ2v) is 5.75. The Bertz CT molecular complexity index is 682. The largest absolute Gasteiger partial charge is 0.508 e. The van der Waals surface area contributed by atoms with Crippen molar-refractivity contribution in [1.29, 1.82) is 0 Å². The lowest BCUT2D eigenvalue weighted by atomic mass is 10.0. The van der Waals surface area contributed by atoms with E-state index in [0.717, 1.165) is 5.56 Å². The molecule has 0 spiro atoms. The molecule has 2 aromatic rings. The predicted octanol–water partition coefficient (Wildman–Crippen LogP) is 3.14. The van der Waals surface area contributed by atoms with Gasteiger partial charge in [0.05, 0.1) is 5.69 Å². The molecule has 1 N–H and O–H groups in total. The third-order valence-corrected chi connectivity index (χ3v) is 3.76. The predicted molar refractivity (Wildman–Crippen MR) is 85.3 cm³/mol. The summed E-state index contributed by atoms with van der Waals surface area (Å²) in [5.41, 5.74) is 1.69. The number of benzene rings is 2. The van der Waals surface area contributed by atoms with E-state index in [0.29, 0.717) is 17.9 Å². The Hall–Kier alpha value is -2.49. The molecule has 1 atom stereocenters. The Kier molecular flexibility index (Phi) is 3.75. The van der Waals surface area contributed by atoms with Crippen LogP contribution < -0.4 is 9.64 Å². The Morgan fingerprint density at radius 2 is 1.91 bits per heavy atom. The highest BCUT2D eigenvalue weighted by atomic mass is 16.5. The number of phenolic OH excluding ortho intramolecular Hbond substituents is 1. The summed E-state index contributed by atoms with van der Waals surface area (Å²) in [7, 11) is 0. The first-order valence-corrected chi connectivity index (χ1v) is 7.43. The summed E-state index contributed by atoms with van der Waals surface area (Å²) >= 11 is 0. The van der Waals surface area contributed by atoms with Crippen LogP contribution in [0.4, 0.5) is 5.69 Å². The van der Waals surface area contributed by atoms with E-state index in [1.807, 2.05) is 44.2 Å². The van der Waals surface area contributed by atoms with Crippen molar-refractivity contribution >= 4 is 11.6 Å². The summed E-state index contributed by atoms with van der Waals surface area (Å²) < 4.78 is 5.88. The van der Waals surface area contributed by atoms with Crippen LogP contribution in [0.1, 0.15) is 19.4 Å². The molecule has 1 unspecified atom stereocenters. The van der Waals surface area contributed by atoms with Gasteiger partial charge in [-0.2, -0.15) is 0 Å². The second kappa shape index (κ2) is 5.72. The van der Waals surface area contributed by atoms with Crippen LogP contribution in [-0.2, 0) is 11.2 Å². The summed E-state index contributed by atoms with van der Waals surface area (Å²) in [5.74, 6) is 0.686. The number of rotatable bonds is 3. The minimum Gasteiger partial charge on any atom is -0.508 e. The molecular formula is C18H19NO3. The van der Waals surface area contributed by atoms with Gasteiger partial charge in [0.1, 0.15) is 11.5 Å². The molecule has 1 heterocycles. The molecule has 0 fully saturated rings. The Morgan fingerprint density at radius 1 is 1.18 bits per heavy atom. The lowest BCUT2D eigenvalue weighted by Gasteiger charge is -2.37. The van der Waals surface area contributed by atoms with E-state index in [9.17, 15) is 9.90 Å². The zero-order chi connectivity index (χ0) is 15.7. The number of carbonyl (C=O) groups excluding carboxylic acids is 1. The van der Waals surface area contributed by atoms with E-state index in [1.54, 1.807) is 23.1 Å². The van der Waals surface area contributed by atoms with Crippen molar-refractivity contribution < 1.29 is 14.6 Å². The van der Waals surface area contributed by atoms with Crippen LogP contribution in [0, 0.1) is 0 Å². The van der Waals surface area contributed by atoms with E-state index in [4.69, 9.17) is 4.74 Å². The van der Waals surface area contributed by atoms with E-state index in [2.05, 4.69) is 0 Å². The number of aromatic hydroxyl groups is 1. The molecule has 22 heavy (non-hydrogen) atoms. The monoisotopic (exact) mass is 297 g/mol. The topological polar surface area (TPSA) is 49.8 Å². The second-order valence-electron chi connectivity index (χ2n) is 5.75. The summed E-state index contributed by atoms with van der Waals surface area (Å²) in [6, 6.07) is 14.7. The fourth-order valence-corrected chi connectivity index (χ4v) is 2.76. The van der Waals surface area contributed by atoms with Crippen LogP contribution in [0.25, 0.3) is 0 Å². The van der Waals surface area contributed by atoms with Gasteiger partial charge in [0.15, 0.2) is 6.10 Å². The lowest BCUT2D eigenvalue weighted by Crippen LogP contribution is -2.49. The Morgan fingerprint density at radius 3 is 2.59 bits per heavy atom. The SMILES string of the molecule is CC(C)N1C(=O)C(Cc2ccccc2)Oc2ccc(O)cc21. The molecule has 0 saturated heterocycles. The van der Waals surface area contributed by atoms with Crippen LogP contribution in [0.2, 0.25) is 0 Å². The van der Waals surface area contributed by atoms with E-state index in [1.165, 1.54) is 0 Å². The summed E-state index contributed by atoms with van der Waals surface area (Å²) in [6.07, 6.45) is -0.00900. The highest BCUT2D eigenvalue weighted by Gasteiger charge is 2.36. The first-order chi connectivity index (χ1) is 10.6. The standard InChI is InChI=1S/C18H19NO3/c1-12(2)19-15-11-14(20)8-9-16(15)22-17(18(19)21)10-13-6-4-3-5-7-13/h3-9,11-12,17,20H,10H2,1-2H3. The van der Waals surface area contributed by atoms with Gasteiger partial charge < -0.3 is 14.7 Å². The van der Waals surface area contributed by atoms with Crippen LogP contribution in [0.15, 0.2) is 48.5 Å². The first-order valence-electron chi connectivity index (χ1n) is 7.43.